The molecule has 168 valence electrons. The summed E-state index contributed by atoms with van der Waals surface area (Å²) in [5.41, 5.74) is 4.42. The maximum Gasteiger partial charge on any atom is 0.291 e. The molecule has 0 fully saturated rings. The molecule has 3 aromatic heterocycles. The Morgan fingerprint density at radius 3 is 2.79 bits per heavy atom. The van der Waals surface area contributed by atoms with Gasteiger partial charge in [-0.25, -0.2) is 4.98 Å². The van der Waals surface area contributed by atoms with Crippen LogP contribution in [0.2, 0.25) is 5.02 Å². The Morgan fingerprint density at radius 1 is 1.15 bits per heavy atom. The Labute approximate surface area is 201 Å². The van der Waals surface area contributed by atoms with Crippen LogP contribution >= 0.6 is 22.9 Å². The molecule has 0 aliphatic heterocycles. The van der Waals surface area contributed by atoms with Gasteiger partial charge in [-0.15, -0.1) is 11.3 Å². The smallest absolute Gasteiger partial charge is 0.291 e. The van der Waals surface area contributed by atoms with Gasteiger partial charge >= 0.3 is 0 Å². The molecule has 33 heavy (non-hydrogen) atoms. The average molecular weight is 478 g/mol. The topological polar surface area (TPSA) is 67.2 Å². The van der Waals surface area contributed by atoms with Gasteiger partial charge in [0.25, 0.3) is 5.91 Å². The first-order valence-electron chi connectivity index (χ1n) is 11.0. The van der Waals surface area contributed by atoms with Crippen molar-refractivity contribution in [1.29, 1.82) is 0 Å². The number of pyridine rings is 1. The number of rotatable bonds is 6. The van der Waals surface area contributed by atoms with E-state index >= 15 is 0 Å². The number of carbonyl (C=O) groups excluding carboxylic acids is 1. The summed E-state index contributed by atoms with van der Waals surface area (Å²) in [6, 6.07) is 14.9. The third-order valence-electron chi connectivity index (χ3n) is 5.90. The fraction of sp³-hybridized carbons (Fsp3) is 0.231. The molecule has 3 heterocycles. The van der Waals surface area contributed by atoms with Crippen LogP contribution in [0, 0.1) is 6.92 Å². The van der Waals surface area contributed by atoms with Crippen LogP contribution in [0.1, 0.15) is 56.6 Å². The van der Waals surface area contributed by atoms with E-state index in [1.54, 1.807) is 29.7 Å². The molecule has 0 spiro atoms. The van der Waals surface area contributed by atoms with Crippen LogP contribution in [-0.4, -0.2) is 10.9 Å². The number of fused-ring (bicyclic) bond motifs is 1. The zero-order chi connectivity index (χ0) is 22.8. The van der Waals surface area contributed by atoms with Gasteiger partial charge < -0.3 is 15.1 Å². The van der Waals surface area contributed by atoms with Crippen LogP contribution < -0.4 is 10.6 Å². The number of furan rings is 1. The third kappa shape index (κ3) is 4.54. The molecule has 0 radical (unpaired) electrons. The second-order valence-corrected chi connectivity index (χ2v) is 9.71. The highest BCUT2D eigenvalue weighted by Gasteiger charge is 2.30. The van der Waals surface area contributed by atoms with Crippen molar-refractivity contribution in [2.75, 3.05) is 10.6 Å². The Balaban J connectivity index is 1.63. The molecule has 2 N–H and O–H groups in total. The first kappa shape index (κ1) is 21.7. The van der Waals surface area contributed by atoms with Crippen molar-refractivity contribution in [1.82, 2.24) is 4.98 Å². The molecule has 0 unspecified atom stereocenters. The number of benzene rings is 1. The molecule has 5 rings (SSSR count). The number of amides is 1. The fourth-order valence-corrected chi connectivity index (χ4v) is 5.91. The second-order valence-electron chi connectivity index (χ2n) is 8.20. The summed E-state index contributed by atoms with van der Waals surface area (Å²) in [7, 11) is 0. The van der Waals surface area contributed by atoms with Gasteiger partial charge in [0, 0.05) is 21.7 Å². The Bertz CT molecular complexity index is 1280. The number of aryl methyl sites for hydroxylation is 2. The molecule has 5 nitrogen and oxygen atoms in total. The van der Waals surface area contributed by atoms with E-state index in [9.17, 15) is 4.79 Å². The molecule has 1 aliphatic rings. The number of nitrogens with one attached hydrogen (secondary N) is 2. The molecular weight excluding hydrogens is 454 g/mol. The number of anilines is 2. The van der Waals surface area contributed by atoms with E-state index in [-0.39, 0.29) is 17.7 Å². The van der Waals surface area contributed by atoms with Gasteiger partial charge in [-0.1, -0.05) is 29.8 Å². The van der Waals surface area contributed by atoms with E-state index in [1.165, 1.54) is 16.7 Å². The standard InChI is InChI=1S/C26H24ClN3O2S/c1-16-12-13-28-22(15-16)29-24(17-7-2-4-9-19(17)27)23-18-8-3-5-11-21(18)33-26(23)30-25(31)20-10-6-14-32-20/h2,4,6-7,9-10,12-15,24H,3,5,8,11H2,1H3,(H,28,29)(H,30,31)/t24-/m1/s1. The quantitative estimate of drug-likeness (QED) is 0.313. The van der Waals surface area contributed by atoms with Crippen molar-refractivity contribution in [2.24, 2.45) is 0 Å². The largest absolute Gasteiger partial charge is 0.459 e. The molecule has 1 aromatic carbocycles. The van der Waals surface area contributed by atoms with Crippen molar-refractivity contribution in [3.8, 4) is 0 Å². The second kappa shape index (κ2) is 9.41. The van der Waals surface area contributed by atoms with Gasteiger partial charge in [0.05, 0.1) is 12.3 Å². The van der Waals surface area contributed by atoms with Crippen LogP contribution in [0.15, 0.2) is 65.4 Å². The number of carbonyl (C=O) groups is 1. The molecule has 7 heteroatoms. The normalized spacial score (nSPS) is 13.9. The highest BCUT2D eigenvalue weighted by atomic mass is 35.5. The molecule has 1 aliphatic carbocycles. The summed E-state index contributed by atoms with van der Waals surface area (Å²) >= 11 is 8.35. The van der Waals surface area contributed by atoms with Crippen LogP contribution in [0.4, 0.5) is 10.8 Å². The lowest BCUT2D eigenvalue weighted by Crippen LogP contribution is -2.19. The number of thiophene rings is 1. The van der Waals surface area contributed by atoms with Crippen molar-refractivity contribution in [2.45, 2.75) is 38.6 Å². The zero-order valence-corrected chi connectivity index (χ0v) is 19.8. The van der Waals surface area contributed by atoms with E-state index in [2.05, 4.69) is 15.6 Å². The summed E-state index contributed by atoms with van der Waals surface area (Å²) < 4.78 is 5.33. The van der Waals surface area contributed by atoms with Crippen LogP contribution in [-0.2, 0) is 12.8 Å². The van der Waals surface area contributed by atoms with Gasteiger partial charge in [-0.3, -0.25) is 4.79 Å². The summed E-state index contributed by atoms with van der Waals surface area (Å²) in [4.78, 5) is 18.8. The number of aromatic nitrogens is 1. The van der Waals surface area contributed by atoms with Crippen molar-refractivity contribution < 1.29 is 9.21 Å². The van der Waals surface area contributed by atoms with Crippen LogP contribution in [0.3, 0.4) is 0 Å². The van der Waals surface area contributed by atoms with E-state index in [0.717, 1.165) is 53.2 Å². The zero-order valence-electron chi connectivity index (χ0n) is 18.2. The third-order valence-corrected chi connectivity index (χ3v) is 7.46. The Kier molecular flexibility index (Phi) is 6.20. The molecule has 0 saturated carbocycles. The minimum absolute atomic E-state index is 0.258. The summed E-state index contributed by atoms with van der Waals surface area (Å²) in [6.45, 7) is 2.04. The highest BCUT2D eigenvalue weighted by Crippen LogP contribution is 2.45. The van der Waals surface area contributed by atoms with Gasteiger partial charge in [-0.05, 0) is 79.6 Å². The predicted octanol–water partition coefficient (Wildman–Crippen LogP) is 7.03. The van der Waals surface area contributed by atoms with Gasteiger partial charge in [0.15, 0.2) is 5.76 Å². The highest BCUT2D eigenvalue weighted by molar-refractivity contribution is 7.16. The Morgan fingerprint density at radius 2 is 2.00 bits per heavy atom. The Hall–Kier alpha value is -3.09. The van der Waals surface area contributed by atoms with Crippen LogP contribution in [0.25, 0.3) is 0 Å². The fourth-order valence-electron chi connectivity index (χ4n) is 4.34. The number of hydrogen-bond acceptors (Lipinski definition) is 5. The number of hydrogen-bond donors (Lipinski definition) is 2. The maximum absolute atomic E-state index is 12.9. The van der Waals surface area contributed by atoms with Crippen molar-refractivity contribution in [3.05, 3.63) is 98.9 Å². The number of halogens is 1. The van der Waals surface area contributed by atoms with E-state index < -0.39 is 0 Å². The van der Waals surface area contributed by atoms with Gasteiger partial charge in [-0.2, -0.15) is 0 Å². The lowest BCUT2D eigenvalue weighted by molar-refractivity contribution is 0.0997. The van der Waals surface area contributed by atoms with Crippen molar-refractivity contribution in [3.63, 3.8) is 0 Å². The minimum atomic E-state index is -0.266. The van der Waals surface area contributed by atoms with E-state index in [4.69, 9.17) is 16.0 Å². The van der Waals surface area contributed by atoms with Gasteiger partial charge in [0.1, 0.15) is 10.8 Å². The molecular formula is C26H24ClN3O2S. The number of nitrogens with zero attached hydrogens (tertiary/aromatic N) is 1. The van der Waals surface area contributed by atoms with E-state index in [0.29, 0.717) is 5.02 Å². The van der Waals surface area contributed by atoms with Crippen molar-refractivity contribution >= 4 is 39.7 Å². The molecule has 0 bridgehead atoms. The average Bonchev–Trinajstić information content (AvgIpc) is 3.46. The molecule has 1 atom stereocenters. The first-order valence-corrected chi connectivity index (χ1v) is 12.2. The van der Waals surface area contributed by atoms with Gasteiger partial charge in [0.2, 0.25) is 0 Å². The lowest BCUT2D eigenvalue weighted by Gasteiger charge is -2.25. The maximum atomic E-state index is 12.9. The molecule has 1 amide bonds. The predicted molar refractivity (Wildman–Crippen MR) is 134 cm³/mol. The monoisotopic (exact) mass is 477 g/mol. The SMILES string of the molecule is Cc1ccnc(N[C@H](c2ccccc2Cl)c2c(NC(=O)c3ccco3)sc3c2CCCC3)c1. The van der Waals surface area contributed by atoms with Crippen LogP contribution in [0.5, 0.6) is 0 Å². The lowest BCUT2D eigenvalue weighted by atomic mass is 9.89. The first-order chi connectivity index (χ1) is 16.1. The van der Waals surface area contributed by atoms with E-state index in [1.807, 2.05) is 43.3 Å². The molecule has 4 aromatic rings. The summed E-state index contributed by atoms with van der Waals surface area (Å²) in [5, 5.41) is 8.23. The summed E-state index contributed by atoms with van der Waals surface area (Å²) in [6.07, 6.45) is 7.57. The molecule has 0 saturated heterocycles. The summed E-state index contributed by atoms with van der Waals surface area (Å²) in [5.74, 6) is 0.792. The minimum Gasteiger partial charge on any atom is -0.459 e.